The Kier molecular flexibility index (Phi) is 4.35. The van der Waals surface area contributed by atoms with E-state index in [1.54, 1.807) is 11.3 Å². The molecule has 0 spiro atoms. The first-order valence-corrected chi connectivity index (χ1v) is 9.47. The van der Waals surface area contributed by atoms with Crippen molar-refractivity contribution in [3.05, 3.63) is 58.2 Å². The lowest BCUT2D eigenvalue weighted by molar-refractivity contribution is 0.244. The molecule has 24 heavy (non-hydrogen) atoms. The third-order valence-electron chi connectivity index (χ3n) is 4.19. The largest absolute Gasteiger partial charge is 0.296 e. The van der Waals surface area contributed by atoms with Crippen LogP contribution in [0.5, 0.6) is 0 Å². The van der Waals surface area contributed by atoms with Crippen molar-refractivity contribution < 1.29 is 0 Å². The molecule has 4 rings (SSSR count). The van der Waals surface area contributed by atoms with Gasteiger partial charge in [-0.05, 0) is 49.1 Å². The molecule has 6 heteroatoms. The van der Waals surface area contributed by atoms with Crippen molar-refractivity contribution in [1.82, 2.24) is 19.2 Å². The van der Waals surface area contributed by atoms with Crippen molar-refractivity contribution in [1.29, 1.82) is 0 Å². The predicted octanol–water partition coefficient (Wildman–Crippen LogP) is 4.57. The Bertz CT molecular complexity index is 860. The van der Waals surface area contributed by atoms with Crippen LogP contribution in [-0.4, -0.2) is 26.3 Å². The van der Waals surface area contributed by atoms with E-state index in [1.807, 2.05) is 10.7 Å². The Hall–Kier alpha value is -1.76. The van der Waals surface area contributed by atoms with Crippen LogP contribution in [0.15, 0.2) is 47.8 Å². The summed E-state index contributed by atoms with van der Waals surface area (Å²) < 4.78 is 5.05. The van der Waals surface area contributed by atoms with E-state index in [1.165, 1.54) is 23.3 Å². The highest BCUT2D eigenvalue weighted by molar-refractivity contribution is 7.71. The van der Waals surface area contributed by atoms with Crippen molar-refractivity contribution in [2.45, 2.75) is 32.1 Å². The van der Waals surface area contributed by atoms with Crippen molar-refractivity contribution in [2.75, 3.05) is 7.05 Å². The van der Waals surface area contributed by atoms with Crippen molar-refractivity contribution >= 4 is 23.6 Å². The molecule has 0 N–H and O–H groups in total. The fourth-order valence-electron chi connectivity index (χ4n) is 2.92. The maximum Gasteiger partial charge on any atom is 0.199 e. The number of benzene rings is 1. The molecule has 0 bridgehead atoms. The van der Waals surface area contributed by atoms with Crippen molar-refractivity contribution in [3.63, 3.8) is 0 Å². The summed E-state index contributed by atoms with van der Waals surface area (Å²) in [4.78, 5) is 3.44. The Morgan fingerprint density at radius 2 is 2.00 bits per heavy atom. The highest BCUT2D eigenvalue weighted by Gasteiger charge is 2.29. The lowest BCUT2D eigenvalue weighted by Crippen LogP contribution is -2.22. The second kappa shape index (κ2) is 6.63. The molecule has 1 aromatic carbocycles. The van der Waals surface area contributed by atoms with Gasteiger partial charge in [-0.2, -0.15) is 0 Å². The standard InChI is InChI=1S/C18H20N4S2/c1-20(12-14-6-3-2-4-7-14)13-21-18(23)22(15-9-10-15)17(19-21)16-8-5-11-24-16/h2-8,11,15H,9-10,12-13H2,1H3. The summed E-state index contributed by atoms with van der Waals surface area (Å²) in [6.07, 6.45) is 2.41. The van der Waals surface area contributed by atoms with Crippen LogP contribution in [0.1, 0.15) is 24.4 Å². The van der Waals surface area contributed by atoms with Gasteiger partial charge in [0.2, 0.25) is 0 Å². The minimum Gasteiger partial charge on any atom is -0.296 e. The number of aromatic nitrogens is 3. The average Bonchev–Trinajstić information content (AvgIpc) is 3.16. The lowest BCUT2D eigenvalue weighted by atomic mass is 10.2. The molecule has 1 saturated carbocycles. The fourth-order valence-corrected chi connectivity index (χ4v) is 3.96. The quantitative estimate of drug-likeness (QED) is 0.605. The Morgan fingerprint density at radius 1 is 1.21 bits per heavy atom. The van der Waals surface area contributed by atoms with Crippen LogP contribution in [-0.2, 0) is 13.2 Å². The van der Waals surface area contributed by atoms with Crippen LogP contribution in [0.2, 0.25) is 0 Å². The second-order valence-electron chi connectivity index (χ2n) is 6.33. The first-order chi connectivity index (χ1) is 11.7. The monoisotopic (exact) mass is 356 g/mol. The summed E-state index contributed by atoms with van der Waals surface area (Å²) >= 11 is 7.45. The molecule has 1 fully saturated rings. The zero-order valence-corrected chi connectivity index (χ0v) is 15.3. The molecule has 2 aromatic heterocycles. The molecule has 4 nitrogen and oxygen atoms in total. The van der Waals surface area contributed by atoms with E-state index in [9.17, 15) is 0 Å². The van der Waals surface area contributed by atoms with Gasteiger partial charge in [-0.3, -0.25) is 9.47 Å². The smallest absolute Gasteiger partial charge is 0.199 e. The lowest BCUT2D eigenvalue weighted by Gasteiger charge is -2.16. The molecule has 0 radical (unpaired) electrons. The third kappa shape index (κ3) is 3.22. The van der Waals surface area contributed by atoms with Gasteiger partial charge >= 0.3 is 0 Å². The molecule has 0 aliphatic heterocycles. The maximum atomic E-state index is 5.73. The van der Waals surface area contributed by atoms with Crippen LogP contribution >= 0.6 is 23.6 Å². The first-order valence-electron chi connectivity index (χ1n) is 8.18. The molecular formula is C18H20N4S2. The van der Waals surface area contributed by atoms with Gasteiger partial charge < -0.3 is 0 Å². The van der Waals surface area contributed by atoms with Gasteiger partial charge in [0.25, 0.3) is 0 Å². The molecule has 1 aliphatic carbocycles. The van der Waals surface area contributed by atoms with Gasteiger partial charge in [0.1, 0.15) is 0 Å². The number of thiophene rings is 1. The zero-order chi connectivity index (χ0) is 16.5. The van der Waals surface area contributed by atoms with Crippen LogP contribution < -0.4 is 0 Å². The number of hydrogen-bond donors (Lipinski definition) is 0. The van der Waals surface area contributed by atoms with E-state index in [-0.39, 0.29) is 0 Å². The van der Waals surface area contributed by atoms with Gasteiger partial charge in [-0.1, -0.05) is 36.4 Å². The van der Waals surface area contributed by atoms with Gasteiger partial charge in [-0.15, -0.1) is 16.4 Å². The van der Waals surface area contributed by atoms with Crippen LogP contribution in [0.3, 0.4) is 0 Å². The predicted molar refractivity (Wildman–Crippen MR) is 101 cm³/mol. The Morgan fingerprint density at radius 3 is 2.67 bits per heavy atom. The van der Waals surface area contributed by atoms with Crippen molar-refractivity contribution in [3.8, 4) is 10.7 Å². The average molecular weight is 357 g/mol. The molecule has 124 valence electrons. The van der Waals surface area contributed by atoms with Gasteiger partial charge in [-0.25, -0.2) is 4.68 Å². The van der Waals surface area contributed by atoms with Crippen LogP contribution in [0.25, 0.3) is 10.7 Å². The number of nitrogens with zero attached hydrogens (tertiary/aromatic N) is 4. The maximum absolute atomic E-state index is 5.73. The summed E-state index contributed by atoms with van der Waals surface area (Å²) in [6.45, 7) is 1.58. The molecule has 0 atom stereocenters. The summed E-state index contributed by atoms with van der Waals surface area (Å²) in [5.41, 5.74) is 1.30. The van der Waals surface area contributed by atoms with Crippen LogP contribution in [0, 0.1) is 4.77 Å². The molecule has 0 saturated heterocycles. The summed E-state index contributed by atoms with van der Waals surface area (Å²) in [5, 5.41) is 6.93. The van der Waals surface area contributed by atoms with E-state index < -0.39 is 0 Å². The third-order valence-corrected chi connectivity index (χ3v) is 5.47. The SMILES string of the molecule is CN(Cc1ccccc1)Cn1nc(-c2cccs2)n(C2CC2)c1=S. The van der Waals surface area contributed by atoms with Gasteiger partial charge in [0, 0.05) is 12.6 Å². The van der Waals surface area contributed by atoms with Gasteiger partial charge in [0.05, 0.1) is 11.5 Å². The number of hydrogen-bond acceptors (Lipinski definition) is 4. The topological polar surface area (TPSA) is 26.0 Å². The molecule has 0 unspecified atom stereocenters. The van der Waals surface area contributed by atoms with Crippen molar-refractivity contribution in [2.24, 2.45) is 0 Å². The van der Waals surface area contributed by atoms with E-state index in [0.717, 1.165) is 17.1 Å². The van der Waals surface area contributed by atoms with E-state index in [0.29, 0.717) is 12.7 Å². The van der Waals surface area contributed by atoms with Crippen LogP contribution in [0.4, 0.5) is 0 Å². The van der Waals surface area contributed by atoms with E-state index >= 15 is 0 Å². The number of rotatable bonds is 6. The normalized spacial score (nSPS) is 14.4. The minimum absolute atomic E-state index is 0.530. The summed E-state index contributed by atoms with van der Waals surface area (Å²) in [7, 11) is 2.11. The molecular weight excluding hydrogens is 336 g/mol. The Labute approximate surface area is 151 Å². The first kappa shape index (κ1) is 15.7. The highest BCUT2D eigenvalue weighted by atomic mass is 32.1. The molecule has 3 aromatic rings. The van der Waals surface area contributed by atoms with Gasteiger partial charge in [0.15, 0.2) is 10.6 Å². The Balaban J connectivity index is 1.59. The fraction of sp³-hybridized carbons (Fsp3) is 0.333. The molecule has 0 amide bonds. The summed E-state index contributed by atoms with van der Waals surface area (Å²) in [5.74, 6) is 1.02. The zero-order valence-electron chi connectivity index (χ0n) is 13.6. The molecule has 2 heterocycles. The highest BCUT2D eigenvalue weighted by Crippen LogP contribution is 2.39. The van der Waals surface area contributed by atoms with E-state index in [2.05, 4.69) is 58.3 Å². The summed E-state index contributed by atoms with van der Waals surface area (Å²) in [6, 6.07) is 15.2. The minimum atomic E-state index is 0.530. The molecule has 1 aliphatic rings. The second-order valence-corrected chi connectivity index (χ2v) is 7.64. The van der Waals surface area contributed by atoms with E-state index in [4.69, 9.17) is 17.3 Å².